The van der Waals surface area contributed by atoms with Crippen LogP contribution in [0.4, 0.5) is 10.1 Å². The zero-order valence-electron chi connectivity index (χ0n) is 15.1. The highest BCUT2D eigenvalue weighted by Crippen LogP contribution is 2.43. The van der Waals surface area contributed by atoms with Gasteiger partial charge in [-0.1, -0.05) is 6.07 Å². The van der Waals surface area contributed by atoms with Crippen molar-refractivity contribution in [2.24, 2.45) is 0 Å². The van der Waals surface area contributed by atoms with Gasteiger partial charge in [-0.3, -0.25) is 10.3 Å². The maximum atomic E-state index is 13.5. The largest absolute Gasteiger partial charge is 0.483 e. The normalized spacial score (nSPS) is 20.8. The first-order valence-electron chi connectivity index (χ1n) is 8.91. The molecule has 0 spiro atoms. The summed E-state index contributed by atoms with van der Waals surface area (Å²) in [7, 11) is 0. The smallest absolute Gasteiger partial charge is 0.129 e. The second-order valence-corrected chi connectivity index (χ2v) is 7.37. The molecule has 3 heterocycles. The van der Waals surface area contributed by atoms with Gasteiger partial charge in [-0.25, -0.2) is 4.39 Å². The van der Waals surface area contributed by atoms with Crippen LogP contribution in [0.15, 0.2) is 60.5 Å². The van der Waals surface area contributed by atoms with Crippen molar-refractivity contribution in [2.45, 2.75) is 19.4 Å². The van der Waals surface area contributed by atoms with Crippen LogP contribution in [0.25, 0.3) is 22.0 Å². The van der Waals surface area contributed by atoms with Crippen LogP contribution in [0.5, 0.6) is 0 Å². The summed E-state index contributed by atoms with van der Waals surface area (Å²) < 4.78 is 19.9. The summed E-state index contributed by atoms with van der Waals surface area (Å²) in [4.78, 5) is 8.66. The summed E-state index contributed by atoms with van der Waals surface area (Å²) >= 11 is 0. The molecule has 0 unspecified atom stereocenters. The number of nitrogens with one attached hydrogen (secondary N) is 2. The molecular weight excluding hydrogens is 343 g/mol. The summed E-state index contributed by atoms with van der Waals surface area (Å²) in [5.74, 6) is 0.457. The van der Waals surface area contributed by atoms with E-state index in [1.54, 1.807) is 6.07 Å². The molecule has 0 fully saturated rings. The SMILES string of the molecule is CC1(C)O/C(=C2/CONc3cc(F)ccc32)C=C1c1ccc2[nH]ccc2c1. The van der Waals surface area contributed by atoms with Gasteiger partial charge in [-0.05, 0) is 67.3 Å². The predicted octanol–water partition coefficient (Wildman–Crippen LogP) is 5.27. The summed E-state index contributed by atoms with van der Waals surface area (Å²) in [6, 6.07) is 13.1. The Morgan fingerprint density at radius 3 is 2.85 bits per heavy atom. The van der Waals surface area contributed by atoms with Crippen LogP contribution in [-0.2, 0) is 9.57 Å². The molecule has 0 atom stereocenters. The molecule has 27 heavy (non-hydrogen) atoms. The topological polar surface area (TPSA) is 46.3 Å². The average Bonchev–Trinajstić information content (AvgIpc) is 3.23. The Bertz CT molecular complexity index is 1120. The van der Waals surface area contributed by atoms with Crippen molar-refractivity contribution in [3.05, 3.63) is 77.4 Å². The molecule has 5 heteroatoms. The van der Waals surface area contributed by atoms with E-state index < -0.39 is 5.60 Å². The molecule has 1 aromatic heterocycles. The van der Waals surface area contributed by atoms with Gasteiger partial charge < -0.3 is 9.72 Å². The lowest BCUT2D eigenvalue weighted by Crippen LogP contribution is -2.22. The van der Waals surface area contributed by atoms with E-state index in [0.717, 1.165) is 38.9 Å². The predicted molar refractivity (Wildman–Crippen MR) is 104 cm³/mol. The van der Waals surface area contributed by atoms with Crippen LogP contribution in [0, 0.1) is 5.82 Å². The lowest BCUT2D eigenvalue weighted by atomic mass is 9.91. The van der Waals surface area contributed by atoms with E-state index in [2.05, 4.69) is 54.7 Å². The van der Waals surface area contributed by atoms with Crippen LogP contribution in [0.3, 0.4) is 0 Å². The first kappa shape index (κ1) is 16.1. The number of rotatable bonds is 1. The number of aromatic nitrogens is 1. The number of allylic oxidation sites excluding steroid dienone is 1. The molecular formula is C22H19FN2O2. The number of hydrogen-bond acceptors (Lipinski definition) is 3. The highest BCUT2D eigenvalue weighted by atomic mass is 19.1. The van der Waals surface area contributed by atoms with Gasteiger partial charge in [-0.15, -0.1) is 0 Å². The van der Waals surface area contributed by atoms with Crippen molar-refractivity contribution in [1.29, 1.82) is 0 Å². The first-order chi connectivity index (χ1) is 13.0. The highest BCUT2D eigenvalue weighted by molar-refractivity contribution is 5.89. The van der Waals surface area contributed by atoms with Crippen LogP contribution in [0.2, 0.25) is 0 Å². The molecule has 2 aliphatic heterocycles. The van der Waals surface area contributed by atoms with E-state index in [-0.39, 0.29) is 5.82 Å². The number of ether oxygens (including phenoxy) is 1. The van der Waals surface area contributed by atoms with E-state index in [1.165, 1.54) is 12.1 Å². The van der Waals surface area contributed by atoms with Gasteiger partial charge in [0, 0.05) is 28.4 Å². The lowest BCUT2D eigenvalue weighted by molar-refractivity contribution is 0.109. The van der Waals surface area contributed by atoms with Gasteiger partial charge in [0.1, 0.15) is 23.8 Å². The third kappa shape index (κ3) is 2.62. The highest BCUT2D eigenvalue weighted by Gasteiger charge is 2.35. The molecule has 5 rings (SSSR count). The lowest BCUT2D eigenvalue weighted by Gasteiger charge is -2.26. The summed E-state index contributed by atoms with van der Waals surface area (Å²) in [5.41, 5.74) is 8.07. The number of anilines is 1. The third-order valence-corrected chi connectivity index (χ3v) is 5.16. The van der Waals surface area contributed by atoms with Crippen LogP contribution >= 0.6 is 0 Å². The average molecular weight is 362 g/mol. The summed E-state index contributed by atoms with van der Waals surface area (Å²) in [6.07, 6.45) is 4.01. The Morgan fingerprint density at radius 1 is 1.07 bits per heavy atom. The number of hydrogen-bond donors (Lipinski definition) is 2. The zero-order chi connectivity index (χ0) is 18.6. The molecule has 0 saturated carbocycles. The van der Waals surface area contributed by atoms with Crippen molar-refractivity contribution in [1.82, 2.24) is 4.98 Å². The minimum atomic E-state index is -0.475. The van der Waals surface area contributed by atoms with E-state index in [9.17, 15) is 4.39 Å². The monoisotopic (exact) mass is 362 g/mol. The van der Waals surface area contributed by atoms with Crippen LogP contribution in [-0.4, -0.2) is 17.2 Å². The van der Waals surface area contributed by atoms with E-state index in [0.29, 0.717) is 12.3 Å². The van der Waals surface area contributed by atoms with Crippen molar-refractivity contribution < 1.29 is 14.0 Å². The number of aromatic amines is 1. The third-order valence-electron chi connectivity index (χ3n) is 5.16. The molecule has 0 amide bonds. The number of H-pyrrole nitrogens is 1. The van der Waals surface area contributed by atoms with E-state index >= 15 is 0 Å². The molecule has 2 N–H and O–H groups in total. The molecule has 2 aliphatic rings. The Kier molecular flexibility index (Phi) is 3.42. The molecule has 136 valence electrons. The van der Waals surface area contributed by atoms with E-state index in [4.69, 9.17) is 9.57 Å². The van der Waals surface area contributed by atoms with Gasteiger partial charge >= 0.3 is 0 Å². The van der Waals surface area contributed by atoms with Crippen molar-refractivity contribution in [3.8, 4) is 0 Å². The fraction of sp³-hybridized carbons (Fsp3) is 0.182. The Labute approximate surface area is 156 Å². The fourth-order valence-electron chi connectivity index (χ4n) is 3.80. The van der Waals surface area contributed by atoms with Gasteiger partial charge in [0.25, 0.3) is 0 Å². The minimum absolute atomic E-state index is 0.306. The maximum Gasteiger partial charge on any atom is 0.129 e. The zero-order valence-corrected chi connectivity index (χ0v) is 15.1. The quantitative estimate of drug-likeness (QED) is 0.620. The second-order valence-electron chi connectivity index (χ2n) is 7.37. The molecule has 4 nitrogen and oxygen atoms in total. The van der Waals surface area contributed by atoms with Crippen molar-refractivity contribution >= 4 is 27.7 Å². The molecule has 3 aromatic rings. The Hall–Kier alpha value is -3.05. The van der Waals surface area contributed by atoms with Gasteiger partial charge in [-0.2, -0.15) is 0 Å². The number of benzene rings is 2. The first-order valence-corrected chi connectivity index (χ1v) is 8.91. The molecule has 0 radical (unpaired) electrons. The summed E-state index contributed by atoms with van der Waals surface area (Å²) in [6.45, 7) is 4.47. The minimum Gasteiger partial charge on any atom is -0.483 e. The van der Waals surface area contributed by atoms with Gasteiger partial charge in [0.15, 0.2) is 0 Å². The van der Waals surface area contributed by atoms with Gasteiger partial charge in [0.05, 0.1) is 5.69 Å². The standard InChI is InChI=1S/C22H19FN2O2/c1-22(2)18(13-3-6-19-14(9-13)7-8-24-19)11-21(27-22)17-12-26-25-20-10-15(23)4-5-16(17)20/h3-11,24-25H,12H2,1-2H3/b21-17-. The van der Waals surface area contributed by atoms with Crippen LogP contribution < -0.4 is 5.48 Å². The van der Waals surface area contributed by atoms with E-state index in [1.807, 2.05) is 6.20 Å². The maximum absolute atomic E-state index is 13.5. The molecule has 2 aromatic carbocycles. The molecule has 0 bridgehead atoms. The Morgan fingerprint density at radius 2 is 1.96 bits per heavy atom. The van der Waals surface area contributed by atoms with Crippen molar-refractivity contribution in [3.63, 3.8) is 0 Å². The molecule has 0 saturated heterocycles. The summed E-state index contributed by atoms with van der Waals surface area (Å²) in [5, 5.41) is 1.16. The number of fused-ring (bicyclic) bond motifs is 2. The van der Waals surface area contributed by atoms with Crippen molar-refractivity contribution in [2.75, 3.05) is 12.1 Å². The molecule has 0 aliphatic carbocycles. The van der Waals surface area contributed by atoms with Crippen LogP contribution in [0.1, 0.15) is 25.0 Å². The second kappa shape index (κ2) is 5.72. The van der Waals surface area contributed by atoms with Gasteiger partial charge in [0.2, 0.25) is 0 Å². The Balaban J connectivity index is 1.64. The fourth-order valence-corrected chi connectivity index (χ4v) is 3.80. The number of halogens is 1.